The molecule has 3 aromatic rings. The molecule has 0 radical (unpaired) electrons. The van der Waals surface area contributed by atoms with Crippen LogP contribution in [0.1, 0.15) is 24.0 Å². The van der Waals surface area contributed by atoms with Crippen molar-refractivity contribution in [2.45, 2.75) is 25.7 Å². The van der Waals surface area contributed by atoms with Crippen molar-refractivity contribution in [1.82, 2.24) is 4.98 Å². The third-order valence-corrected chi connectivity index (χ3v) is 6.04. The number of aliphatic hydroxyl groups excluding tert-OH is 1. The number of aromatic nitrogens is 1. The first-order valence-electron chi connectivity index (χ1n) is 10.8. The average molecular weight is 417 g/mol. The zero-order valence-electron chi connectivity index (χ0n) is 17.6. The van der Waals surface area contributed by atoms with Crippen molar-refractivity contribution >= 4 is 11.6 Å². The Balaban J connectivity index is 1.62. The van der Waals surface area contributed by atoms with Gasteiger partial charge in [0.2, 0.25) is 5.91 Å². The van der Waals surface area contributed by atoms with Crippen molar-refractivity contribution in [1.29, 1.82) is 0 Å². The van der Waals surface area contributed by atoms with Crippen molar-refractivity contribution in [3.8, 4) is 11.1 Å². The predicted octanol–water partition coefficient (Wildman–Crippen LogP) is 4.26. The lowest BCUT2D eigenvalue weighted by molar-refractivity contribution is -0.131. The molecule has 1 aliphatic rings. The van der Waals surface area contributed by atoms with Gasteiger partial charge in [-0.1, -0.05) is 42.5 Å². The van der Waals surface area contributed by atoms with E-state index in [1.54, 1.807) is 6.20 Å². The number of nitrogens with zero attached hydrogens (tertiary/aromatic N) is 1. The van der Waals surface area contributed by atoms with Crippen LogP contribution in [0.2, 0.25) is 0 Å². The van der Waals surface area contributed by atoms with Crippen LogP contribution in [-0.4, -0.2) is 35.8 Å². The third-order valence-electron chi connectivity index (χ3n) is 6.04. The Hall–Kier alpha value is -3.02. The summed E-state index contributed by atoms with van der Waals surface area (Å²) in [6.45, 7) is 1.24. The maximum absolute atomic E-state index is 13.6. The maximum atomic E-state index is 13.6. The van der Waals surface area contributed by atoms with Crippen molar-refractivity contribution in [2.75, 3.05) is 25.1 Å². The van der Waals surface area contributed by atoms with Gasteiger partial charge in [0.05, 0.1) is 5.41 Å². The number of amides is 1. The molecule has 0 unspecified atom stereocenters. The molecular formula is C26H28N2O3. The number of rotatable bonds is 7. The Morgan fingerprint density at radius 1 is 1.06 bits per heavy atom. The molecule has 5 heteroatoms. The van der Waals surface area contributed by atoms with Crippen LogP contribution in [0.15, 0.2) is 73.1 Å². The van der Waals surface area contributed by atoms with Gasteiger partial charge in [-0.3, -0.25) is 9.78 Å². The van der Waals surface area contributed by atoms with Gasteiger partial charge in [-0.2, -0.15) is 0 Å². The molecule has 0 spiro atoms. The van der Waals surface area contributed by atoms with Crippen LogP contribution in [-0.2, 0) is 22.4 Å². The highest BCUT2D eigenvalue weighted by atomic mass is 16.5. The minimum absolute atomic E-state index is 0.0259. The van der Waals surface area contributed by atoms with Gasteiger partial charge in [-0.15, -0.1) is 0 Å². The van der Waals surface area contributed by atoms with Crippen LogP contribution in [0.5, 0.6) is 0 Å². The molecule has 1 aromatic heterocycles. The second-order valence-corrected chi connectivity index (χ2v) is 8.10. The van der Waals surface area contributed by atoms with Gasteiger partial charge in [0.1, 0.15) is 0 Å². The van der Waals surface area contributed by atoms with Gasteiger partial charge < -0.3 is 15.2 Å². The van der Waals surface area contributed by atoms with Crippen molar-refractivity contribution < 1.29 is 14.6 Å². The van der Waals surface area contributed by atoms with Gasteiger partial charge >= 0.3 is 0 Å². The second-order valence-electron chi connectivity index (χ2n) is 8.10. The number of anilines is 1. The Labute approximate surface area is 183 Å². The maximum Gasteiger partial charge on any atom is 0.231 e. The van der Waals surface area contributed by atoms with Crippen LogP contribution in [0.3, 0.4) is 0 Å². The van der Waals surface area contributed by atoms with Crippen molar-refractivity contribution in [3.05, 3.63) is 84.2 Å². The highest BCUT2D eigenvalue weighted by molar-refractivity contribution is 5.96. The molecule has 1 fully saturated rings. The zero-order chi connectivity index (χ0) is 21.5. The third kappa shape index (κ3) is 5.01. The molecule has 1 saturated heterocycles. The fraction of sp³-hybridized carbons (Fsp3) is 0.308. The Morgan fingerprint density at radius 2 is 1.90 bits per heavy atom. The predicted molar refractivity (Wildman–Crippen MR) is 122 cm³/mol. The van der Waals surface area contributed by atoms with Crippen molar-refractivity contribution in [2.24, 2.45) is 5.41 Å². The van der Waals surface area contributed by atoms with Gasteiger partial charge in [0.25, 0.3) is 0 Å². The summed E-state index contributed by atoms with van der Waals surface area (Å²) < 4.78 is 5.61. The summed E-state index contributed by atoms with van der Waals surface area (Å²) in [5, 5.41) is 12.4. The van der Waals surface area contributed by atoms with Gasteiger partial charge in [-0.25, -0.2) is 0 Å². The smallest absolute Gasteiger partial charge is 0.231 e. The quantitative estimate of drug-likeness (QED) is 0.604. The lowest BCUT2D eigenvalue weighted by atomic mass is 9.73. The summed E-state index contributed by atoms with van der Waals surface area (Å²) in [6, 6.07) is 19.9. The molecule has 0 saturated carbocycles. The van der Waals surface area contributed by atoms with E-state index >= 15 is 0 Å². The van der Waals surface area contributed by atoms with Gasteiger partial charge in [-0.05, 0) is 60.6 Å². The summed E-state index contributed by atoms with van der Waals surface area (Å²) in [7, 11) is 0. The van der Waals surface area contributed by atoms with E-state index in [0.717, 1.165) is 27.9 Å². The first kappa shape index (κ1) is 21.2. The molecule has 0 atom stereocenters. The molecular weight excluding hydrogens is 388 g/mol. The molecule has 1 aliphatic heterocycles. The van der Waals surface area contributed by atoms with Crippen LogP contribution < -0.4 is 5.32 Å². The topological polar surface area (TPSA) is 71.5 Å². The lowest BCUT2D eigenvalue weighted by Gasteiger charge is -2.36. The van der Waals surface area contributed by atoms with E-state index in [4.69, 9.17) is 4.74 Å². The molecule has 2 N–H and O–H groups in total. The average Bonchev–Trinajstić information content (AvgIpc) is 2.81. The van der Waals surface area contributed by atoms with Crippen LogP contribution in [0.25, 0.3) is 11.1 Å². The van der Waals surface area contributed by atoms with Gasteiger partial charge in [0, 0.05) is 43.5 Å². The molecule has 4 rings (SSSR count). The summed E-state index contributed by atoms with van der Waals surface area (Å²) >= 11 is 0. The molecule has 0 aliphatic carbocycles. The molecule has 5 nitrogen and oxygen atoms in total. The van der Waals surface area contributed by atoms with Crippen LogP contribution in [0.4, 0.5) is 5.69 Å². The molecule has 1 amide bonds. The lowest BCUT2D eigenvalue weighted by Crippen LogP contribution is -2.42. The number of benzene rings is 2. The van der Waals surface area contributed by atoms with E-state index in [1.807, 2.05) is 48.7 Å². The number of hydrogen-bond donors (Lipinski definition) is 2. The van der Waals surface area contributed by atoms with E-state index < -0.39 is 5.41 Å². The number of pyridine rings is 1. The molecule has 160 valence electrons. The first-order valence-corrected chi connectivity index (χ1v) is 10.8. The Morgan fingerprint density at radius 3 is 2.68 bits per heavy atom. The normalized spacial score (nSPS) is 15.4. The fourth-order valence-electron chi connectivity index (χ4n) is 4.29. The molecule has 31 heavy (non-hydrogen) atoms. The van der Waals surface area contributed by atoms with Crippen molar-refractivity contribution in [3.63, 3.8) is 0 Å². The fourth-order valence-corrected chi connectivity index (χ4v) is 4.29. The van der Waals surface area contributed by atoms with E-state index in [9.17, 15) is 9.90 Å². The Kier molecular flexibility index (Phi) is 6.75. The number of ether oxygens (including phenoxy) is 1. The van der Waals surface area contributed by atoms with E-state index in [2.05, 4.69) is 28.5 Å². The van der Waals surface area contributed by atoms with E-state index in [1.165, 1.54) is 0 Å². The first-order chi connectivity index (χ1) is 15.2. The SMILES string of the molecule is O=C(Nc1cccc(CCO)c1)C1(Cc2ccccc2-c2cccnc2)CCOCC1. The number of aliphatic hydroxyl groups is 1. The van der Waals surface area contributed by atoms with Gasteiger partial charge in [0.15, 0.2) is 0 Å². The zero-order valence-corrected chi connectivity index (χ0v) is 17.6. The summed E-state index contributed by atoms with van der Waals surface area (Å²) in [5.74, 6) is 0.0259. The van der Waals surface area contributed by atoms with Crippen LogP contribution in [0, 0.1) is 5.41 Å². The molecule has 2 heterocycles. The number of hydrogen-bond acceptors (Lipinski definition) is 4. The summed E-state index contributed by atoms with van der Waals surface area (Å²) in [6.07, 6.45) is 6.20. The van der Waals surface area contributed by atoms with E-state index in [0.29, 0.717) is 38.9 Å². The molecule has 2 aromatic carbocycles. The van der Waals surface area contributed by atoms with Crippen LogP contribution >= 0.6 is 0 Å². The second kappa shape index (κ2) is 9.86. The largest absolute Gasteiger partial charge is 0.396 e. The number of nitrogens with one attached hydrogen (secondary N) is 1. The number of carbonyl (C=O) groups excluding carboxylic acids is 1. The highest BCUT2D eigenvalue weighted by Gasteiger charge is 2.40. The minimum Gasteiger partial charge on any atom is -0.396 e. The molecule has 0 bridgehead atoms. The van der Waals surface area contributed by atoms with E-state index in [-0.39, 0.29) is 12.5 Å². The Bertz CT molecular complexity index is 1010. The standard InChI is InChI=1S/C26H28N2O3/c29-14-10-20-5-3-8-23(17-20)28-25(30)26(11-15-31-16-12-26)18-21-6-1-2-9-24(21)22-7-4-13-27-19-22/h1-9,13,17,19,29H,10-12,14-16,18H2,(H,28,30). The monoisotopic (exact) mass is 416 g/mol. The minimum atomic E-state index is -0.538. The highest BCUT2D eigenvalue weighted by Crippen LogP contribution is 2.38. The summed E-state index contributed by atoms with van der Waals surface area (Å²) in [5.41, 5.74) is 4.53. The number of carbonyl (C=O) groups is 1. The summed E-state index contributed by atoms with van der Waals surface area (Å²) in [4.78, 5) is 17.8.